The molecule has 0 aromatic heterocycles. The molecular weight excluding hydrogens is 492 g/mol. The van der Waals surface area contributed by atoms with Crippen LogP contribution in [-0.4, -0.2) is 116 Å². The van der Waals surface area contributed by atoms with Crippen LogP contribution < -0.4 is 0 Å². The van der Waals surface area contributed by atoms with E-state index in [2.05, 4.69) is 6.92 Å². The summed E-state index contributed by atoms with van der Waals surface area (Å²) in [7, 11) is 0. The van der Waals surface area contributed by atoms with E-state index < -0.39 is 86.5 Å². The van der Waals surface area contributed by atoms with Crippen molar-refractivity contribution < 1.29 is 59.5 Å². The van der Waals surface area contributed by atoms with Crippen molar-refractivity contribution in [3.8, 4) is 0 Å². The molecule has 7 N–H and O–H groups in total. The van der Waals surface area contributed by atoms with Gasteiger partial charge < -0.3 is 54.7 Å². The van der Waals surface area contributed by atoms with Crippen molar-refractivity contribution in [2.24, 2.45) is 5.92 Å². The number of aliphatic hydroxyl groups excluding tert-OH is 7. The highest BCUT2D eigenvalue weighted by Gasteiger charge is 2.48. The van der Waals surface area contributed by atoms with Gasteiger partial charge in [0.25, 0.3) is 0 Å². The number of hydrogen-bond acceptors (Lipinski definition) is 12. The summed E-state index contributed by atoms with van der Waals surface area (Å²) in [5.74, 6) is -1.09. The zero-order chi connectivity index (χ0) is 27.5. The molecule has 2 saturated heterocycles. The first-order valence-corrected chi connectivity index (χ1v) is 13.4. The van der Waals surface area contributed by atoms with Crippen LogP contribution in [0.4, 0.5) is 0 Å². The van der Waals surface area contributed by atoms with E-state index in [-0.39, 0.29) is 0 Å². The minimum Gasteiger partial charge on any atom is -0.456 e. The van der Waals surface area contributed by atoms with E-state index in [1.807, 2.05) is 0 Å². The molecule has 0 aliphatic carbocycles. The lowest BCUT2D eigenvalue weighted by Crippen LogP contribution is -2.62. The standard InChI is InChI=1S/C25H46O12/c1-3-4-5-6-7-8-9-10-11-14(2)23(32)37-22-18(28)16(35-24(33)21(22)31)13-34-25-20(30)19(29)17(27)15(12-26)36-25/h14-22,24-31,33H,3-13H2,1-2H3/t14?,15?,16?,17-,18-,19+,20?,21?,22+,24+,25+/m1/s1. The highest BCUT2D eigenvalue weighted by molar-refractivity contribution is 5.72. The fourth-order valence-electron chi connectivity index (χ4n) is 4.54. The van der Waals surface area contributed by atoms with E-state index in [0.717, 1.165) is 19.3 Å². The van der Waals surface area contributed by atoms with Crippen molar-refractivity contribution in [2.75, 3.05) is 13.2 Å². The van der Waals surface area contributed by atoms with Crippen molar-refractivity contribution in [3.63, 3.8) is 0 Å². The van der Waals surface area contributed by atoms with Gasteiger partial charge in [0.1, 0.15) is 42.7 Å². The number of hydrogen-bond donors (Lipinski definition) is 7. The molecule has 5 unspecified atom stereocenters. The van der Waals surface area contributed by atoms with E-state index >= 15 is 0 Å². The van der Waals surface area contributed by atoms with Crippen LogP contribution in [0, 0.1) is 5.92 Å². The fraction of sp³-hybridized carbons (Fsp3) is 0.960. The Kier molecular flexibility index (Phi) is 14.2. The average molecular weight is 539 g/mol. The first kappa shape index (κ1) is 32.3. The van der Waals surface area contributed by atoms with Gasteiger partial charge in [-0.15, -0.1) is 0 Å². The number of carbonyl (C=O) groups excluding carboxylic acids is 1. The van der Waals surface area contributed by atoms with Crippen molar-refractivity contribution in [3.05, 3.63) is 0 Å². The molecule has 2 aliphatic rings. The normalized spacial score (nSPS) is 37.3. The van der Waals surface area contributed by atoms with Crippen LogP contribution in [0.5, 0.6) is 0 Å². The Hall–Kier alpha value is -0.930. The molecule has 12 heteroatoms. The van der Waals surface area contributed by atoms with E-state index in [1.54, 1.807) is 6.92 Å². The summed E-state index contributed by atoms with van der Waals surface area (Å²) in [4.78, 5) is 12.6. The molecule has 0 aromatic carbocycles. The van der Waals surface area contributed by atoms with Gasteiger partial charge in [-0.2, -0.15) is 0 Å². The second-order valence-corrected chi connectivity index (χ2v) is 10.1. The zero-order valence-electron chi connectivity index (χ0n) is 21.8. The highest BCUT2D eigenvalue weighted by Crippen LogP contribution is 2.27. The lowest BCUT2D eigenvalue weighted by Gasteiger charge is -2.42. The maximum absolute atomic E-state index is 12.6. The molecule has 11 atom stereocenters. The average Bonchev–Trinajstić information content (AvgIpc) is 2.88. The van der Waals surface area contributed by atoms with E-state index in [0.29, 0.717) is 6.42 Å². The Balaban J connectivity index is 1.83. The van der Waals surface area contributed by atoms with Crippen LogP contribution in [0.2, 0.25) is 0 Å². The minimum absolute atomic E-state index is 0.469. The van der Waals surface area contributed by atoms with Crippen molar-refractivity contribution in [1.82, 2.24) is 0 Å². The smallest absolute Gasteiger partial charge is 0.309 e. The monoisotopic (exact) mass is 538 g/mol. The van der Waals surface area contributed by atoms with Crippen LogP contribution >= 0.6 is 0 Å². The van der Waals surface area contributed by atoms with Gasteiger partial charge >= 0.3 is 5.97 Å². The van der Waals surface area contributed by atoms with Crippen LogP contribution in [0.25, 0.3) is 0 Å². The molecule has 0 radical (unpaired) electrons. The molecule has 0 saturated carbocycles. The van der Waals surface area contributed by atoms with E-state index in [1.165, 1.54) is 32.1 Å². The fourth-order valence-corrected chi connectivity index (χ4v) is 4.54. The Labute approximate surface area is 218 Å². The van der Waals surface area contributed by atoms with Crippen molar-refractivity contribution >= 4 is 5.97 Å². The molecule has 0 bridgehead atoms. The van der Waals surface area contributed by atoms with Gasteiger partial charge in [-0.3, -0.25) is 4.79 Å². The van der Waals surface area contributed by atoms with Gasteiger partial charge in [0.05, 0.1) is 19.1 Å². The molecule has 2 fully saturated rings. The number of aliphatic hydroxyl groups is 7. The van der Waals surface area contributed by atoms with Gasteiger partial charge in [0, 0.05) is 0 Å². The molecule has 218 valence electrons. The molecular formula is C25H46O12. The first-order chi connectivity index (χ1) is 17.6. The van der Waals surface area contributed by atoms with Gasteiger partial charge in [0.15, 0.2) is 18.7 Å². The Morgan fingerprint density at radius 1 is 0.784 bits per heavy atom. The third-order valence-electron chi connectivity index (χ3n) is 7.08. The maximum atomic E-state index is 12.6. The minimum atomic E-state index is -1.78. The summed E-state index contributed by atoms with van der Waals surface area (Å²) >= 11 is 0. The van der Waals surface area contributed by atoms with Crippen LogP contribution in [0.3, 0.4) is 0 Å². The number of ether oxygens (including phenoxy) is 4. The summed E-state index contributed by atoms with van der Waals surface area (Å²) in [6.07, 6.45) is -5.76. The molecule has 0 spiro atoms. The molecule has 2 aliphatic heterocycles. The van der Waals surface area contributed by atoms with E-state index in [9.17, 15) is 40.5 Å². The van der Waals surface area contributed by atoms with Gasteiger partial charge in [-0.25, -0.2) is 0 Å². The van der Waals surface area contributed by atoms with Crippen molar-refractivity contribution in [1.29, 1.82) is 0 Å². The maximum Gasteiger partial charge on any atom is 0.309 e. The summed E-state index contributed by atoms with van der Waals surface area (Å²) in [5, 5.41) is 70.2. The molecule has 2 rings (SSSR count). The second-order valence-electron chi connectivity index (χ2n) is 10.1. The third kappa shape index (κ3) is 9.34. The summed E-state index contributed by atoms with van der Waals surface area (Å²) in [6.45, 7) is 2.75. The lowest BCUT2D eigenvalue weighted by molar-refractivity contribution is -0.326. The number of unbranched alkanes of at least 4 members (excludes halogenated alkanes) is 7. The quantitative estimate of drug-likeness (QED) is 0.103. The van der Waals surface area contributed by atoms with Crippen molar-refractivity contribution in [2.45, 2.75) is 133 Å². The van der Waals surface area contributed by atoms with Crippen LogP contribution in [0.15, 0.2) is 0 Å². The highest BCUT2D eigenvalue weighted by atomic mass is 16.7. The zero-order valence-corrected chi connectivity index (χ0v) is 21.8. The van der Waals surface area contributed by atoms with Crippen LogP contribution in [-0.2, 0) is 23.7 Å². The second kappa shape index (κ2) is 16.2. The summed E-state index contributed by atoms with van der Waals surface area (Å²) < 4.78 is 21.2. The Bertz CT molecular complexity index is 649. The SMILES string of the molecule is CCCCCCCCCCC(C)C(=O)O[C@@H]1C(O)[C@@H](O)OC(CO[C@H]2OC(CO)[C@@H](O)[C@H](O)C2O)[C@H]1O. The number of rotatable bonds is 15. The molecule has 12 nitrogen and oxygen atoms in total. The summed E-state index contributed by atoms with van der Waals surface area (Å²) in [6, 6.07) is 0. The lowest BCUT2D eigenvalue weighted by atomic mass is 9.97. The van der Waals surface area contributed by atoms with E-state index in [4.69, 9.17) is 18.9 Å². The number of esters is 1. The Morgan fingerprint density at radius 2 is 1.41 bits per heavy atom. The molecule has 0 amide bonds. The third-order valence-corrected chi connectivity index (χ3v) is 7.08. The van der Waals surface area contributed by atoms with Gasteiger partial charge in [-0.1, -0.05) is 65.2 Å². The van der Waals surface area contributed by atoms with Gasteiger partial charge in [0.2, 0.25) is 0 Å². The number of carbonyl (C=O) groups is 1. The van der Waals surface area contributed by atoms with Gasteiger partial charge in [-0.05, 0) is 6.42 Å². The predicted molar refractivity (Wildman–Crippen MR) is 129 cm³/mol. The predicted octanol–water partition coefficient (Wildman–Crippen LogP) is -0.679. The molecule has 37 heavy (non-hydrogen) atoms. The first-order valence-electron chi connectivity index (χ1n) is 13.4. The Morgan fingerprint density at radius 3 is 2.03 bits per heavy atom. The largest absolute Gasteiger partial charge is 0.456 e. The van der Waals surface area contributed by atoms with Crippen LogP contribution in [0.1, 0.15) is 71.6 Å². The summed E-state index contributed by atoms with van der Waals surface area (Å²) in [5.41, 5.74) is 0. The molecule has 0 aromatic rings. The topological polar surface area (TPSA) is 196 Å². The molecule has 2 heterocycles.